The summed E-state index contributed by atoms with van der Waals surface area (Å²) in [5, 5.41) is 1.81. The van der Waals surface area contributed by atoms with E-state index in [1.165, 1.54) is 5.69 Å². The highest BCUT2D eigenvalue weighted by Gasteiger charge is 2.17. The van der Waals surface area contributed by atoms with Crippen LogP contribution in [0.5, 0.6) is 0 Å². The molecule has 0 unspecified atom stereocenters. The van der Waals surface area contributed by atoms with E-state index in [9.17, 15) is 4.79 Å². The van der Waals surface area contributed by atoms with Crippen LogP contribution in [-0.4, -0.2) is 4.57 Å². The molecule has 0 aromatic carbocycles. The third-order valence-electron chi connectivity index (χ3n) is 3.04. The van der Waals surface area contributed by atoms with Gasteiger partial charge < -0.3 is 4.57 Å². The standard InChI is InChI=1S/C13H15NO/c1-4-6-10-11(5-2)14-8-7-12(14)9(3)13(10)15/h4-6H,1,7-8H2,2-3H3/b10-6+,11-5+. The summed E-state index contributed by atoms with van der Waals surface area (Å²) in [6.45, 7) is 8.55. The Labute approximate surface area is 88.9 Å². The Hall–Kier alpha value is -1.57. The molecule has 2 rings (SSSR count). The predicted octanol–water partition coefficient (Wildman–Crippen LogP) is 0.480. The Balaban J connectivity index is 3.05. The van der Waals surface area contributed by atoms with Crippen LogP contribution in [0.1, 0.15) is 18.2 Å². The fraction of sp³-hybridized carbons (Fsp3) is 0.308. The van der Waals surface area contributed by atoms with Crippen molar-refractivity contribution in [2.24, 2.45) is 0 Å². The number of hydrogen-bond acceptors (Lipinski definition) is 1. The van der Waals surface area contributed by atoms with Crippen molar-refractivity contribution < 1.29 is 0 Å². The topological polar surface area (TPSA) is 22.0 Å². The van der Waals surface area contributed by atoms with Crippen molar-refractivity contribution in [3.63, 3.8) is 0 Å². The number of fused-ring (bicyclic) bond motifs is 1. The molecule has 0 saturated heterocycles. The quantitative estimate of drug-likeness (QED) is 0.648. The van der Waals surface area contributed by atoms with Crippen LogP contribution in [0, 0.1) is 6.92 Å². The third-order valence-corrected chi connectivity index (χ3v) is 3.04. The van der Waals surface area contributed by atoms with Gasteiger partial charge in [0.2, 0.25) is 0 Å². The number of allylic oxidation sites excluding steroid dienone is 1. The molecule has 0 spiro atoms. The largest absolute Gasteiger partial charge is 0.344 e. The molecule has 78 valence electrons. The minimum absolute atomic E-state index is 0.147. The zero-order valence-corrected chi connectivity index (χ0v) is 9.21. The number of rotatable bonds is 1. The lowest BCUT2D eigenvalue weighted by Crippen LogP contribution is -2.51. The fourth-order valence-electron chi connectivity index (χ4n) is 2.18. The van der Waals surface area contributed by atoms with Crippen molar-refractivity contribution in [3.8, 4) is 0 Å². The number of aromatic nitrogens is 1. The maximum atomic E-state index is 12.0. The van der Waals surface area contributed by atoms with Crippen molar-refractivity contribution in [3.05, 3.63) is 44.7 Å². The molecule has 2 heterocycles. The first-order valence-corrected chi connectivity index (χ1v) is 5.22. The lowest BCUT2D eigenvalue weighted by Gasteiger charge is -2.25. The van der Waals surface area contributed by atoms with Crippen molar-refractivity contribution >= 4 is 12.2 Å². The summed E-state index contributed by atoms with van der Waals surface area (Å²) in [6.07, 6.45) is 6.50. The molecule has 15 heavy (non-hydrogen) atoms. The van der Waals surface area contributed by atoms with Gasteiger partial charge in [0.1, 0.15) is 0 Å². The zero-order valence-electron chi connectivity index (χ0n) is 9.21. The van der Waals surface area contributed by atoms with Gasteiger partial charge in [-0.2, -0.15) is 0 Å². The van der Waals surface area contributed by atoms with E-state index in [0.29, 0.717) is 0 Å². The van der Waals surface area contributed by atoms with Crippen LogP contribution in [0.15, 0.2) is 17.4 Å². The van der Waals surface area contributed by atoms with E-state index < -0.39 is 0 Å². The molecule has 2 heteroatoms. The highest BCUT2D eigenvalue weighted by atomic mass is 16.1. The molecular weight excluding hydrogens is 186 g/mol. The first kappa shape index (κ1) is 9.97. The molecule has 1 aromatic heterocycles. The van der Waals surface area contributed by atoms with Gasteiger partial charge in [-0.05, 0) is 19.9 Å². The van der Waals surface area contributed by atoms with Gasteiger partial charge in [0, 0.05) is 34.8 Å². The van der Waals surface area contributed by atoms with E-state index in [2.05, 4.69) is 11.1 Å². The molecule has 0 amide bonds. The van der Waals surface area contributed by atoms with E-state index >= 15 is 0 Å². The first-order valence-electron chi connectivity index (χ1n) is 5.22. The summed E-state index contributed by atoms with van der Waals surface area (Å²) >= 11 is 0. The van der Waals surface area contributed by atoms with Crippen molar-refractivity contribution in [2.75, 3.05) is 0 Å². The number of nitrogens with zero attached hydrogens (tertiary/aromatic N) is 1. The molecule has 0 atom stereocenters. The lowest BCUT2D eigenvalue weighted by atomic mass is 10.0. The highest BCUT2D eigenvalue weighted by molar-refractivity contribution is 5.40. The maximum absolute atomic E-state index is 12.0. The Morgan fingerprint density at radius 1 is 1.47 bits per heavy atom. The van der Waals surface area contributed by atoms with Crippen molar-refractivity contribution in [1.82, 2.24) is 4.57 Å². The lowest BCUT2D eigenvalue weighted by molar-refractivity contribution is 0.518. The van der Waals surface area contributed by atoms with Gasteiger partial charge in [-0.1, -0.05) is 18.7 Å². The summed E-state index contributed by atoms with van der Waals surface area (Å²) in [7, 11) is 0. The minimum atomic E-state index is 0.147. The van der Waals surface area contributed by atoms with Crippen LogP contribution in [0.2, 0.25) is 0 Å². The number of pyridine rings is 1. The summed E-state index contributed by atoms with van der Waals surface area (Å²) in [5.74, 6) is 0. The zero-order chi connectivity index (χ0) is 11.0. The van der Waals surface area contributed by atoms with Crippen LogP contribution in [0.25, 0.3) is 12.2 Å². The smallest absolute Gasteiger partial charge is 0.192 e. The van der Waals surface area contributed by atoms with Gasteiger partial charge in [-0.25, -0.2) is 0 Å². The van der Waals surface area contributed by atoms with Crippen LogP contribution in [-0.2, 0) is 13.0 Å². The molecule has 0 bridgehead atoms. The SMILES string of the molecule is C=C/C=c1/c(=O)c(C)c2n(/c1=C/C)CC2. The second-order valence-electron chi connectivity index (χ2n) is 3.79. The summed E-state index contributed by atoms with van der Waals surface area (Å²) in [6, 6.07) is 0. The minimum Gasteiger partial charge on any atom is -0.344 e. The Morgan fingerprint density at radius 2 is 2.20 bits per heavy atom. The average molecular weight is 201 g/mol. The van der Waals surface area contributed by atoms with Crippen LogP contribution in [0.4, 0.5) is 0 Å². The second kappa shape index (κ2) is 3.54. The summed E-state index contributed by atoms with van der Waals surface area (Å²) < 4.78 is 2.21. The van der Waals surface area contributed by atoms with Gasteiger partial charge >= 0.3 is 0 Å². The normalized spacial score (nSPS) is 16.1. The summed E-state index contributed by atoms with van der Waals surface area (Å²) in [4.78, 5) is 12.0. The molecule has 0 fully saturated rings. The van der Waals surface area contributed by atoms with Crippen molar-refractivity contribution in [2.45, 2.75) is 26.8 Å². The van der Waals surface area contributed by atoms with Crippen molar-refractivity contribution in [1.29, 1.82) is 0 Å². The maximum Gasteiger partial charge on any atom is 0.192 e. The molecule has 0 aliphatic carbocycles. The van der Waals surface area contributed by atoms with E-state index in [1.807, 2.05) is 19.9 Å². The molecule has 1 aliphatic heterocycles. The van der Waals surface area contributed by atoms with E-state index in [4.69, 9.17) is 0 Å². The Kier molecular flexibility index (Phi) is 2.35. The molecule has 0 saturated carbocycles. The van der Waals surface area contributed by atoms with Crippen LogP contribution < -0.4 is 16.0 Å². The van der Waals surface area contributed by atoms with E-state index in [1.54, 1.807) is 12.2 Å². The highest BCUT2D eigenvalue weighted by Crippen LogP contribution is 2.11. The molecule has 2 nitrogen and oxygen atoms in total. The number of hydrogen-bond donors (Lipinski definition) is 0. The van der Waals surface area contributed by atoms with Crippen LogP contribution in [0.3, 0.4) is 0 Å². The molecule has 1 aliphatic rings. The molecule has 1 aromatic rings. The van der Waals surface area contributed by atoms with Crippen LogP contribution >= 0.6 is 0 Å². The van der Waals surface area contributed by atoms with Gasteiger partial charge in [0.05, 0.1) is 0 Å². The third kappa shape index (κ3) is 1.29. The molecular formula is C13H15NO. The Bertz CT molecular complexity index is 590. The van der Waals surface area contributed by atoms with E-state index in [-0.39, 0.29) is 5.43 Å². The van der Waals surface area contributed by atoms with Gasteiger partial charge in [0.15, 0.2) is 5.43 Å². The molecule has 0 N–H and O–H groups in total. The monoisotopic (exact) mass is 201 g/mol. The second-order valence-corrected chi connectivity index (χ2v) is 3.79. The average Bonchev–Trinajstić information content (AvgIpc) is 2.18. The van der Waals surface area contributed by atoms with E-state index in [0.717, 1.165) is 29.1 Å². The Morgan fingerprint density at radius 3 is 2.67 bits per heavy atom. The first-order chi connectivity index (χ1) is 7.20. The predicted molar refractivity (Wildman–Crippen MR) is 63.2 cm³/mol. The van der Waals surface area contributed by atoms with Gasteiger partial charge in [0.25, 0.3) is 0 Å². The fourth-order valence-corrected chi connectivity index (χ4v) is 2.18. The summed E-state index contributed by atoms with van der Waals surface area (Å²) in [5.41, 5.74) is 2.23. The molecule has 0 radical (unpaired) electrons. The van der Waals surface area contributed by atoms with Gasteiger partial charge in [-0.3, -0.25) is 4.79 Å². The van der Waals surface area contributed by atoms with Gasteiger partial charge in [-0.15, -0.1) is 0 Å².